The molecular formula is C21H26N2O4. The summed E-state index contributed by atoms with van der Waals surface area (Å²) in [4.78, 5) is 35.7. The summed E-state index contributed by atoms with van der Waals surface area (Å²) in [6.07, 6.45) is 0.600. The van der Waals surface area contributed by atoms with Crippen molar-refractivity contribution >= 4 is 28.6 Å². The molecule has 0 unspecified atom stereocenters. The average Bonchev–Trinajstić information content (AvgIpc) is 2.59. The second-order valence-electron chi connectivity index (χ2n) is 7.12. The summed E-state index contributed by atoms with van der Waals surface area (Å²) in [5.74, 6) is -1.74. The highest BCUT2D eigenvalue weighted by Gasteiger charge is 2.27. The van der Waals surface area contributed by atoms with E-state index in [1.54, 1.807) is 0 Å². The summed E-state index contributed by atoms with van der Waals surface area (Å²) >= 11 is 0. The third-order valence-corrected chi connectivity index (χ3v) is 4.32. The van der Waals surface area contributed by atoms with Crippen LogP contribution in [-0.4, -0.2) is 35.0 Å². The van der Waals surface area contributed by atoms with Crippen LogP contribution in [0.5, 0.6) is 0 Å². The van der Waals surface area contributed by atoms with Gasteiger partial charge in [-0.3, -0.25) is 9.59 Å². The number of aliphatic carboxylic acids is 1. The van der Waals surface area contributed by atoms with Gasteiger partial charge in [0, 0.05) is 13.3 Å². The monoisotopic (exact) mass is 370 g/mol. The second-order valence-corrected chi connectivity index (χ2v) is 7.12. The maximum Gasteiger partial charge on any atom is 0.326 e. The van der Waals surface area contributed by atoms with Crippen LogP contribution in [0.3, 0.4) is 0 Å². The van der Waals surface area contributed by atoms with Crippen molar-refractivity contribution in [2.24, 2.45) is 5.92 Å². The van der Waals surface area contributed by atoms with Crippen molar-refractivity contribution in [2.75, 3.05) is 0 Å². The van der Waals surface area contributed by atoms with Crippen LogP contribution >= 0.6 is 0 Å². The zero-order chi connectivity index (χ0) is 20.0. The maximum absolute atomic E-state index is 12.6. The molecule has 0 aliphatic rings. The number of hydrogen-bond donors (Lipinski definition) is 3. The molecule has 2 aromatic carbocycles. The van der Waals surface area contributed by atoms with E-state index in [0.29, 0.717) is 6.42 Å². The fourth-order valence-corrected chi connectivity index (χ4v) is 3.11. The molecule has 0 bridgehead atoms. The predicted molar refractivity (Wildman–Crippen MR) is 104 cm³/mol. The number of fused-ring (bicyclic) bond motifs is 1. The number of carboxylic acids is 1. The molecule has 0 aliphatic heterocycles. The van der Waals surface area contributed by atoms with Crippen LogP contribution in [-0.2, 0) is 20.8 Å². The quantitative estimate of drug-likeness (QED) is 0.665. The van der Waals surface area contributed by atoms with Crippen LogP contribution in [0.15, 0.2) is 42.5 Å². The van der Waals surface area contributed by atoms with Crippen LogP contribution in [0.25, 0.3) is 10.8 Å². The van der Waals surface area contributed by atoms with Gasteiger partial charge in [-0.05, 0) is 28.7 Å². The SMILES string of the molecule is CC(=O)N[C@@H](CC(C)C)C(=O)N[C@@H](Cc1cccc2ccccc12)C(=O)O. The van der Waals surface area contributed by atoms with Gasteiger partial charge in [-0.2, -0.15) is 0 Å². The number of nitrogens with one attached hydrogen (secondary N) is 2. The number of carbonyl (C=O) groups is 3. The third-order valence-electron chi connectivity index (χ3n) is 4.32. The number of rotatable bonds is 8. The predicted octanol–water partition coefficient (Wildman–Crippen LogP) is 2.50. The molecule has 0 fully saturated rings. The highest BCUT2D eigenvalue weighted by Crippen LogP contribution is 2.20. The minimum Gasteiger partial charge on any atom is -0.480 e. The van der Waals surface area contributed by atoms with Crippen molar-refractivity contribution in [3.05, 3.63) is 48.0 Å². The lowest BCUT2D eigenvalue weighted by Gasteiger charge is -2.22. The van der Waals surface area contributed by atoms with E-state index in [-0.39, 0.29) is 18.2 Å². The van der Waals surface area contributed by atoms with E-state index in [4.69, 9.17) is 0 Å². The summed E-state index contributed by atoms with van der Waals surface area (Å²) in [5, 5.41) is 16.8. The largest absolute Gasteiger partial charge is 0.480 e. The Kier molecular flexibility index (Phi) is 6.93. The van der Waals surface area contributed by atoms with Crippen LogP contribution < -0.4 is 10.6 Å². The smallest absolute Gasteiger partial charge is 0.326 e. The molecule has 0 spiro atoms. The molecule has 0 saturated carbocycles. The molecule has 0 saturated heterocycles. The summed E-state index contributed by atoms with van der Waals surface area (Å²) in [6, 6.07) is 11.6. The van der Waals surface area contributed by atoms with Crippen molar-refractivity contribution in [3.63, 3.8) is 0 Å². The van der Waals surface area contributed by atoms with Gasteiger partial charge in [-0.25, -0.2) is 4.79 Å². The molecule has 2 atom stereocenters. The minimum atomic E-state index is -1.11. The van der Waals surface area contributed by atoms with Crippen LogP contribution in [0.2, 0.25) is 0 Å². The number of benzene rings is 2. The number of amides is 2. The van der Waals surface area contributed by atoms with Gasteiger partial charge in [-0.1, -0.05) is 56.3 Å². The number of carbonyl (C=O) groups excluding carboxylic acids is 2. The van der Waals surface area contributed by atoms with Crippen LogP contribution in [0, 0.1) is 5.92 Å². The van der Waals surface area contributed by atoms with Gasteiger partial charge in [-0.15, -0.1) is 0 Å². The first-order valence-electron chi connectivity index (χ1n) is 9.05. The zero-order valence-electron chi connectivity index (χ0n) is 15.9. The van der Waals surface area contributed by atoms with Crippen molar-refractivity contribution < 1.29 is 19.5 Å². The van der Waals surface area contributed by atoms with Crippen molar-refractivity contribution in [1.82, 2.24) is 10.6 Å². The fraction of sp³-hybridized carbons (Fsp3) is 0.381. The van der Waals surface area contributed by atoms with E-state index in [2.05, 4.69) is 10.6 Å². The third kappa shape index (κ3) is 5.81. The molecular weight excluding hydrogens is 344 g/mol. The molecule has 27 heavy (non-hydrogen) atoms. The van der Waals surface area contributed by atoms with E-state index >= 15 is 0 Å². The molecule has 2 amide bonds. The Morgan fingerprint density at radius 2 is 1.63 bits per heavy atom. The van der Waals surface area contributed by atoms with Gasteiger partial charge in [0.2, 0.25) is 11.8 Å². The zero-order valence-corrected chi connectivity index (χ0v) is 15.9. The molecule has 2 aromatic rings. The lowest BCUT2D eigenvalue weighted by Crippen LogP contribution is -2.52. The van der Waals surface area contributed by atoms with Crippen molar-refractivity contribution in [1.29, 1.82) is 0 Å². The molecule has 6 nitrogen and oxygen atoms in total. The van der Waals surface area contributed by atoms with Crippen LogP contribution in [0.4, 0.5) is 0 Å². The Labute approximate surface area is 159 Å². The highest BCUT2D eigenvalue weighted by molar-refractivity contribution is 5.91. The molecule has 144 valence electrons. The second kappa shape index (κ2) is 9.16. The van der Waals surface area contributed by atoms with E-state index < -0.39 is 24.0 Å². The summed E-state index contributed by atoms with van der Waals surface area (Å²) in [5.41, 5.74) is 0.848. The van der Waals surface area contributed by atoms with E-state index in [0.717, 1.165) is 16.3 Å². The Hall–Kier alpha value is -2.89. The van der Waals surface area contributed by atoms with E-state index in [1.807, 2.05) is 56.3 Å². The molecule has 2 rings (SSSR count). The van der Waals surface area contributed by atoms with Gasteiger partial charge in [0.25, 0.3) is 0 Å². The average molecular weight is 370 g/mol. The lowest BCUT2D eigenvalue weighted by molar-refractivity contribution is -0.142. The van der Waals surface area contributed by atoms with E-state index in [9.17, 15) is 19.5 Å². The Morgan fingerprint density at radius 3 is 2.26 bits per heavy atom. The first-order valence-corrected chi connectivity index (χ1v) is 9.05. The van der Waals surface area contributed by atoms with Crippen molar-refractivity contribution in [3.8, 4) is 0 Å². The summed E-state index contributed by atoms with van der Waals surface area (Å²) < 4.78 is 0. The van der Waals surface area contributed by atoms with E-state index in [1.165, 1.54) is 6.92 Å². The lowest BCUT2D eigenvalue weighted by atomic mass is 9.98. The van der Waals surface area contributed by atoms with Crippen LogP contribution in [0.1, 0.15) is 32.8 Å². The van der Waals surface area contributed by atoms with Gasteiger partial charge >= 0.3 is 5.97 Å². The van der Waals surface area contributed by atoms with Gasteiger partial charge in [0.15, 0.2) is 0 Å². The minimum absolute atomic E-state index is 0.164. The van der Waals surface area contributed by atoms with Gasteiger partial charge in [0.1, 0.15) is 12.1 Å². The van der Waals surface area contributed by atoms with Gasteiger partial charge in [0.05, 0.1) is 0 Å². The number of carboxylic acid groups (broad SMARTS) is 1. The highest BCUT2D eigenvalue weighted by atomic mass is 16.4. The molecule has 0 heterocycles. The van der Waals surface area contributed by atoms with Gasteiger partial charge < -0.3 is 15.7 Å². The molecule has 0 aromatic heterocycles. The molecule has 6 heteroatoms. The summed E-state index contributed by atoms with van der Waals surface area (Å²) in [6.45, 7) is 5.21. The topological polar surface area (TPSA) is 95.5 Å². The van der Waals surface area contributed by atoms with Crippen molar-refractivity contribution in [2.45, 2.75) is 45.7 Å². The molecule has 0 radical (unpaired) electrons. The maximum atomic E-state index is 12.6. The number of hydrogen-bond acceptors (Lipinski definition) is 3. The Morgan fingerprint density at radius 1 is 0.963 bits per heavy atom. The first-order chi connectivity index (χ1) is 12.8. The fourth-order valence-electron chi connectivity index (χ4n) is 3.11. The molecule has 3 N–H and O–H groups in total. The normalized spacial score (nSPS) is 13.2. The summed E-state index contributed by atoms with van der Waals surface area (Å²) in [7, 11) is 0. The molecule has 0 aliphatic carbocycles. The Balaban J connectivity index is 2.20. The standard InChI is InChI=1S/C21H26N2O4/c1-13(2)11-18(22-14(3)24)20(25)23-19(21(26)27)12-16-9-6-8-15-7-4-5-10-17(15)16/h4-10,13,18-19H,11-12H2,1-3H3,(H,22,24)(H,23,25)(H,26,27)/t18-,19-/m0/s1. The first kappa shape index (κ1) is 20.4. The Bertz CT molecular complexity index is 827.